The first-order chi connectivity index (χ1) is 8.60. The molecule has 2 aromatic carbocycles. The van der Waals surface area contributed by atoms with E-state index in [4.69, 9.17) is 10.5 Å². The van der Waals surface area contributed by atoms with E-state index in [9.17, 15) is 4.39 Å². The van der Waals surface area contributed by atoms with Crippen LogP contribution in [0.4, 0.5) is 4.39 Å². The van der Waals surface area contributed by atoms with Gasteiger partial charge in [-0.3, -0.25) is 0 Å². The largest absolute Gasteiger partial charge is 0.457 e. The van der Waals surface area contributed by atoms with Crippen molar-refractivity contribution in [1.29, 1.82) is 0 Å². The van der Waals surface area contributed by atoms with E-state index in [0.29, 0.717) is 18.0 Å². The first-order valence-corrected chi connectivity index (χ1v) is 6.32. The normalized spacial score (nSPS) is 10.4. The van der Waals surface area contributed by atoms with Gasteiger partial charge >= 0.3 is 0 Å². The lowest BCUT2D eigenvalue weighted by molar-refractivity contribution is 0.470. The molecule has 0 saturated heterocycles. The van der Waals surface area contributed by atoms with Gasteiger partial charge in [0.2, 0.25) is 0 Å². The van der Waals surface area contributed by atoms with E-state index in [-0.39, 0.29) is 5.82 Å². The summed E-state index contributed by atoms with van der Waals surface area (Å²) in [6.45, 7) is 2.19. The molecule has 0 aromatic heterocycles. The minimum Gasteiger partial charge on any atom is -0.457 e. The van der Waals surface area contributed by atoms with Gasteiger partial charge in [-0.05, 0) is 48.9 Å². The van der Waals surface area contributed by atoms with E-state index in [1.54, 1.807) is 13.0 Å². The third-order valence-electron chi connectivity index (χ3n) is 2.60. The standard InChI is InChI=1S/C14H13BrFNO/c1-9-6-12(16)3-5-13(9)18-14-4-2-11(15)7-10(14)8-17/h2-7H,8,17H2,1H3. The zero-order chi connectivity index (χ0) is 13.1. The van der Waals surface area contributed by atoms with Crippen LogP contribution in [-0.4, -0.2) is 0 Å². The molecular weight excluding hydrogens is 297 g/mol. The van der Waals surface area contributed by atoms with Gasteiger partial charge in [-0.2, -0.15) is 0 Å². The number of ether oxygens (including phenoxy) is 1. The number of rotatable bonds is 3. The molecule has 94 valence electrons. The average molecular weight is 310 g/mol. The van der Waals surface area contributed by atoms with Crippen molar-refractivity contribution in [2.45, 2.75) is 13.5 Å². The zero-order valence-electron chi connectivity index (χ0n) is 9.91. The third kappa shape index (κ3) is 2.89. The highest BCUT2D eigenvalue weighted by molar-refractivity contribution is 9.10. The highest BCUT2D eigenvalue weighted by Crippen LogP contribution is 2.30. The molecule has 0 bridgehead atoms. The van der Waals surface area contributed by atoms with Crippen LogP contribution in [0.2, 0.25) is 0 Å². The van der Waals surface area contributed by atoms with Crippen LogP contribution >= 0.6 is 15.9 Å². The van der Waals surface area contributed by atoms with Crippen molar-refractivity contribution >= 4 is 15.9 Å². The molecule has 0 unspecified atom stereocenters. The Labute approximate surface area is 114 Å². The fourth-order valence-electron chi connectivity index (χ4n) is 1.65. The molecule has 2 nitrogen and oxygen atoms in total. The quantitative estimate of drug-likeness (QED) is 0.924. The molecule has 0 saturated carbocycles. The Morgan fingerprint density at radius 2 is 1.89 bits per heavy atom. The van der Waals surface area contributed by atoms with E-state index < -0.39 is 0 Å². The summed E-state index contributed by atoms with van der Waals surface area (Å²) in [5.74, 6) is 1.05. The van der Waals surface area contributed by atoms with Crippen LogP contribution in [0.25, 0.3) is 0 Å². The molecule has 0 amide bonds. The Kier molecular flexibility index (Phi) is 3.99. The number of halogens is 2. The monoisotopic (exact) mass is 309 g/mol. The summed E-state index contributed by atoms with van der Waals surface area (Å²) in [6.07, 6.45) is 0. The van der Waals surface area contributed by atoms with Crippen molar-refractivity contribution in [3.63, 3.8) is 0 Å². The lowest BCUT2D eigenvalue weighted by Gasteiger charge is -2.12. The van der Waals surface area contributed by atoms with Crippen molar-refractivity contribution < 1.29 is 9.13 Å². The molecular formula is C14H13BrFNO. The molecule has 0 spiro atoms. The van der Waals surface area contributed by atoms with Crippen LogP contribution in [0.15, 0.2) is 40.9 Å². The Morgan fingerprint density at radius 3 is 2.56 bits per heavy atom. The van der Waals surface area contributed by atoms with E-state index in [1.165, 1.54) is 12.1 Å². The summed E-state index contributed by atoms with van der Waals surface area (Å²) in [7, 11) is 0. The van der Waals surface area contributed by atoms with Crippen LogP contribution in [0.5, 0.6) is 11.5 Å². The molecule has 2 N–H and O–H groups in total. The van der Waals surface area contributed by atoms with E-state index >= 15 is 0 Å². The van der Waals surface area contributed by atoms with E-state index in [0.717, 1.165) is 15.6 Å². The lowest BCUT2D eigenvalue weighted by Crippen LogP contribution is -2.00. The Balaban J connectivity index is 2.33. The first kappa shape index (κ1) is 13.1. The van der Waals surface area contributed by atoms with Crippen molar-refractivity contribution in [2.75, 3.05) is 0 Å². The van der Waals surface area contributed by atoms with Gasteiger partial charge in [0.1, 0.15) is 17.3 Å². The van der Waals surface area contributed by atoms with Crippen molar-refractivity contribution in [3.05, 3.63) is 57.8 Å². The molecule has 4 heteroatoms. The van der Waals surface area contributed by atoms with Gasteiger partial charge in [0.25, 0.3) is 0 Å². The van der Waals surface area contributed by atoms with Crippen LogP contribution in [0.1, 0.15) is 11.1 Å². The molecule has 0 heterocycles. The average Bonchev–Trinajstić information content (AvgIpc) is 2.34. The Morgan fingerprint density at radius 1 is 1.17 bits per heavy atom. The zero-order valence-corrected chi connectivity index (χ0v) is 11.5. The fraction of sp³-hybridized carbons (Fsp3) is 0.143. The molecule has 2 aromatic rings. The van der Waals surface area contributed by atoms with Crippen molar-refractivity contribution in [3.8, 4) is 11.5 Å². The number of nitrogens with two attached hydrogens (primary N) is 1. The molecule has 0 aliphatic heterocycles. The second kappa shape index (κ2) is 5.50. The summed E-state index contributed by atoms with van der Waals surface area (Å²) in [5.41, 5.74) is 7.32. The molecule has 0 fully saturated rings. The first-order valence-electron chi connectivity index (χ1n) is 5.52. The lowest BCUT2D eigenvalue weighted by atomic mass is 10.2. The third-order valence-corrected chi connectivity index (χ3v) is 3.09. The van der Waals surface area contributed by atoms with Crippen molar-refractivity contribution in [2.24, 2.45) is 5.73 Å². The van der Waals surface area contributed by atoms with Gasteiger partial charge in [-0.15, -0.1) is 0 Å². The number of hydrogen-bond acceptors (Lipinski definition) is 2. The van der Waals surface area contributed by atoms with Crippen LogP contribution in [0.3, 0.4) is 0 Å². The second-order valence-electron chi connectivity index (χ2n) is 3.97. The highest BCUT2D eigenvalue weighted by Gasteiger charge is 2.07. The van der Waals surface area contributed by atoms with Gasteiger partial charge in [0, 0.05) is 16.6 Å². The Hall–Kier alpha value is -1.39. The summed E-state index contributed by atoms with van der Waals surface area (Å²) >= 11 is 3.39. The molecule has 0 atom stereocenters. The summed E-state index contributed by atoms with van der Waals surface area (Å²) in [4.78, 5) is 0. The minimum atomic E-state index is -0.269. The van der Waals surface area contributed by atoms with Gasteiger partial charge in [0.05, 0.1) is 0 Å². The maximum Gasteiger partial charge on any atom is 0.131 e. The maximum absolute atomic E-state index is 13.0. The van der Waals surface area contributed by atoms with Crippen LogP contribution in [-0.2, 0) is 6.54 Å². The number of hydrogen-bond donors (Lipinski definition) is 1. The molecule has 18 heavy (non-hydrogen) atoms. The Bertz CT molecular complexity index is 572. The van der Waals surface area contributed by atoms with Gasteiger partial charge in [-0.1, -0.05) is 15.9 Å². The highest BCUT2D eigenvalue weighted by atomic mass is 79.9. The number of benzene rings is 2. The van der Waals surface area contributed by atoms with Gasteiger partial charge in [-0.25, -0.2) is 4.39 Å². The summed E-state index contributed by atoms with van der Waals surface area (Å²) in [5, 5.41) is 0. The number of aryl methyl sites for hydroxylation is 1. The van der Waals surface area contributed by atoms with Crippen LogP contribution < -0.4 is 10.5 Å². The predicted octanol–water partition coefficient (Wildman–Crippen LogP) is 4.15. The maximum atomic E-state index is 13.0. The smallest absolute Gasteiger partial charge is 0.131 e. The SMILES string of the molecule is Cc1cc(F)ccc1Oc1ccc(Br)cc1CN. The van der Waals surface area contributed by atoms with Crippen molar-refractivity contribution in [1.82, 2.24) is 0 Å². The summed E-state index contributed by atoms with van der Waals surface area (Å²) < 4.78 is 19.7. The molecule has 0 aliphatic rings. The fourth-order valence-corrected chi connectivity index (χ4v) is 2.06. The second-order valence-corrected chi connectivity index (χ2v) is 4.88. The predicted molar refractivity (Wildman–Crippen MR) is 73.2 cm³/mol. The van der Waals surface area contributed by atoms with Gasteiger partial charge < -0.3 is 10.5 Å². The van der Waals surface area contributed by atoms with E-state index in [1.807, 2.05) is 18.2 Å². The minimum absolute atomic E-state index is 0.269. The topological polar surface area (TPSA) is 35.2 Å². The van der Waals surface area contributed by atoms with E-state index in [2.05, 4.69) is 15.9 Å². The molecule has 0 aliphatic carbocycles. The molecule has 2 rings (SSSR count). The molecule has 0 radical (unpaired) electrons. The van der Waals surface area contributed by atoms with Crippen LogP contribution in [0, 0.1) is 12.7 Å². The van der Waals surface area contributed by atoms with Gasteiger partial charge in [0.15, 0.2) is 0 Å². The summed E-state index contributed by atoms with van der Waals surface area (Å²) in [6, 6.07) is 10.1.